The standard InChI is InChI=1S/C6H10F3NO4S/c1-10(4-3-5(11)14-2)15(12,13)6(7,8)9/h3-4H2,1-2H3. The first-order valence-corrected chi connectivity index (χ1v) is 5.16. The molecule has 0 N–H and O–H groups in total. The minimum atomic E-state index is -5.35. The highest BCUT2D eigenvalue weighted by molar-refractivity contribution is 7.89. The predicted octanol–water partition coefficient (Wildman–Crippen LogP) is 0.331. The van der Waals surface area contributed by atoms with Crippen LogP contribution in [0.3, 0.4) is 0 Å². The van der Waals surface area contributed by atoms with Crippen LogP contribution >= 0.6 is 0 Å². The van der Waals surface area contributed by atoms with Crippen LogP contribution in [0.15, 0.2) is 0 Å². The molecule has 0 aliphatic heterocycles. The van der Waals surface area contributed by atoms with Gasteiger partial charge < -0.3 is 4.74 Å². The van der Waals surface area contributed by atoms with Crippen LogP contribution < -0.4 is 0 Å². The maximum absolute atomic E-state index is 11.9. The van der Waals surface area contributed by atoms with E-state index in [9.17, 15) is 26.4 Å². The Morgan fingerprint density at radius 3 is 2.20 bits per heavy atom. The maximum Gasteiger partial charge on any atom is 0.511 e. The summed E-state index contributed by atoms with van der Waals surface area (Å²) >= 11 is 0. The summed E-state index contributed by atoms with van der Waals surface area (Å²) in [5, 5.41) is 0. The molecule has 0 aliphatic rings. The fourth-order valence-electron chi connectivity index (χ4n) is 0.648. The first-order valence-electron chi connectivity index (χ1n) is 3.72. The second-order valence-electron chi connectivity index (χ2n) is 2.60. The Hall–Kier alpha value is -0.830. The van der Waals surface area contributed by atoms with Gasteiger partial charge in [-0.1, -0.05) is 0 Å². The van der Waals surface area contributed by atoms with Crippen molar-refractivity contribution < 1.29 is 31.1 Å². The molecule has 0 rings (SSSR count). The quantitative estimate of drug-likeness (QED) is 0.673. The molecule has 90 valence electrons. The molecule has 0 aliphatic carbocycles. The number of hydrogen-bond donors (Lipinski definition) is 0. The third-order valence-corrected chi connectivity index (χ3v) is 3.15. The van der Waals surface area contributed by atoms with E-state index >= 15 is 0 Å². The van der Waals surface area contributed by atoms with Crippen LogP contribution in [0.25, 0.3) is 0 Å². The van der Waals surface area contributed by atoms with Gasteiger partial charge in [-0.05, 0) is 0 Å². The van der Waals surface area contributed by atoms with Gasteiger partial charge in [-0.3, -0.25) is 4.79 Å². The topological polar surface area (TPSA) is 63.7 Å². The number of hydrogen-bond acceptors (Lipinski definition) is 4. The number of alkyl halides is 3. The minimum absolute atomic E-state index is 0.0594. The molecule has 15 heavy (non-hydrogen) atoms. The largest absolute Gasteiger partial charge is 0.511 e. The molecule has 0 aromatic rings. The fraction of sp³-hybridized carbons (Fsp3) is 0.833. The van der Waals surface area contributed by atoms with Gasteiger partial charge in [0.25, 0.3) is 0 Å². The summed E-state index contributed by atoms with van der Waals surface area (Å²) in [6.45, 7) is -0.575. The van der Waals surface area contributed by atoms with E-state index in [0.29, 0.717) is 0 Å². The Morgan fingerprint density at radius 1 is 1.40 bits per heavy atom. The van der Waals surface area contributed by atoms with Gasteiger partial charge in [0.1, 0.15) is 0 Å². The second-order valence-corrected chi connectivity index (χ2v) is 4.63. The van der Waals surface area contributed by atoms with E-state index < -0.39 is 34.5 Å². The maximum atomic E-state index is 11.9. The molecule has 0 amide bonds. The number of methoxy groups -OCH3 is 1. The average molecular weight is 249 g/mol. The summed E-state index contributed by atoms with van der Waals surface area (Å²) in [7, 11) is -3.56. The average Bonchev–Trinajstić information content (AvgIpc) is 2.11. The van der Waals surface area contributed by atoms with Gasteiger partial charge in [0.2, 0.25) is 0 Å². The lowest BCUT2D eigenvalue weighted by Gasteiger charge is -2.17. The summed E-state index contributed by atoms with van der Waals surface area (Å²) < 4.78 is 61.5. The number of carbonyl (C=O) groups is 1. The molecule has 0 unspecified atom stereocenters. The second kappa shape index (κ2) is 4.79. The first-order chi connectivity index (χ1) is 6.63. The normalized spacial score (nSPS) is 12.9. The number of halogens is 3. The number of sulfonamides is 1. The van der Waals surface area contributed by atoms with Gasteiger partial charge in [-0.25, -0.2) is 8.42 Å². The molecule has 0 spiro atoms. The molecule has 0 bridgehead atoms. The van der Waals surface area contributed by atoms with Gasteiger partial charge in [-0.2, -0.15) is 17.5 Å². The summed E-state index contributed by atoms with van der Waals surface area (Å²) in [6.07, 6.45) is -0.428. The molecule has 0 radical (unpaired) electrons. The van der Waals surface area contributed by atoms with Gasteiger partial charge >= 0.3 is 21.5 Å². The molecule has 0 fully saturated rings. The van der Waals surface area contributed by atoms with Crippen LogP contribution in [0.1, 0.15) is 6.42 Å². The zero-order valence-corrected chi connectivity index (χ0v) is 8.85. The molecule has 0 atom stereocenters. The first kappa shape index (κ1) is 14.2. The van der Waals surface area contributed by atoms with Crippen molar-refractivity contribution in [3.8, 4) is 0 Å². The molecule has 9 heteroatoms. The van der Waals surface area contributed by atoms with Crippen LogP contribution in [-0.2, 0) is 19.6 Å². The minimum Gasteiger partial charge on any atom is -0.469 e. The van der Waals surface area contributed by atoms with E-state index in [-0.39, 0.29) is 4.31 Å². The Balaban J connectivity index is 4.47. The Bertz CT molecular complexity index is 324. The van der Waals surface area contributed by atoms with Crippen LogP contribution in [0.4, 0.5) is 13.2 Å². The highest BCUT2D eigenvalue weighted by atomic mass is 32.2. The SMILES string of the molecule is COC(=O)CCN(C)S(=O)(=O)C(F)(F)F. The molecule has 0 saturated heterocycles. The van der Waals surface area contributed by atoms with Crippen LogP contribution in [0.5, 0.6) is 0 Å². The summed E-state index contributed by atoms with van der Waals surface area (Å²) in [4.78, 5) is 10.6. The zero-order valence-electron chi connectivity index (χ0n) is 8.04. The van der Waals surface area contributed by atoms with Crippen LogP contribution in [-0.4, -0.2) is 44.9 Å². The number of ether oxygens (including phenoxy) is 1. The van der Waals surface area contributed by atoms with Gasteiger partial charge in [0, 0.05) is 13.6 Å². The predicted molar refractivity (Wildman–Crippen MR) is 44.2 cm³/mol. The van der Waals surface area contributed by atoms with Crippen molar-refractivity contribution in [2.45, 2.75) is 11.9 Å². The van der Waals surface area contributed by atoms with Crippen molar-refractivity contribution in [2.24, 2.45) is 0 Å². The van der Waals surface area contributed by atoms with E-state index in [2.05, 4.69) is 4.74 Å². The lowest BCUT2D eigenvalue weighted by molar-refractivity contribution is -0.140. The van der Waals surface area contributed by atoms with Crippen molar-refractivity contribution in [3.05, 3.63) is 0 Å². The van der Waals surface area contributed by atoms with E-state index in [1.807, 2.05) is 0 Å². The number of carbonyl (C=O) groups excluding carboxylic acids is 1. The molecule has 0 heterocycles. The van der Waals surface area contributed by atoms with E-state index in [0.717, 1.165) is 14.2 Å². The number of nitrogens with zero attached hydrogens (tertiary/aromatic N) is 1. The third-order valence-electron chi connectivity index (χ3n) is 1.56. The highest BCUT2D eigenvalue weighted by Gasteiger charge is 2.48. The molecule has 0 aromatic heterocycles. The van der Waals surface area contributed by atoms with Crippen LogP contribution in [0, 0.1) is 0 Å². The van der Waals surface area contributed by atoms with E-state index in [1.165, 1.54) is 0 Å². The molecule has 0 saturated carbocycles. The Kier molecular flexibility index (Phi) is 4.53. The summed E-state index contributed by atoms with van der Waals surface area (Å²) in [5.41, 5.74) is -5.35. The van der Waals surface area contributed by atoms with Crippen molar-refractivity contribution in [3.63, 3.8) is 0 Å². The third kappa shape index (κ3) is 3.67. The zero-order chi connectivity index (χ0) is 12.3. The van der Waals surface area contributed by atoms with Gasteiger partial charge in [0.05, 0.1) is 13.5 Å². The monoisotopic (exact) mass is 249 g/mol. The Morgan fingerprint density at radius 2 is 1.87 bits per heavy atom. The molecule has 0 aromatic carbocycles. The number of rotatable bonds is 4. The number of esters is 1. The van der Waals surface area contributed by atoms with Crippen molar-refractivity contribution >= 4 is 16.0 Å². The molecule has 5 nitrogen and oxygen atoms in total. The van der Waals surface area contributed by atoms with Gasteiger partial charge in [0.15, 0.2) is 0 Å². The lowest BCUT2D eigenvalue weighted by atomic mass is 10.4. The fourth-order valence-corrected chi connectivity index (χ4v) is 1.33. The Labute approximate surface area is 84.9 Å². The molecular weight excluding hydrogens is 239 g/mol. The van der Waals surface area contributed by atoms with Crippen LogP contribution in [0.2, 0.25) is 0 Å². The van der Waals surface area contributed by atoms with Crippen molar-refractivity contribution in [1.29, 1.82) is 0 Å². The lowest BCUT2D eigenvalue weighted by Crippen LogP contribution is -2.39. The van der Waals surface area contributed by atoms with Crippen molar-refractivity contribution in [2.75, 3.05) is 20.7 Å². The van der Waals surface area contributed by atoms with E-state index in [4.69, 9.17) is 0 Å². The smallest absolute Gasteiger partial charge is 0.469 e. The van der Waals surface area contributed by atoms with E-state index in [1.54, 1.807) is 0 Å². The summed E-state index contributed by atoms with van der Waals surface area (Å²) in [5.74, 6) is -0.778. The molecular formula is C6H10F3NO4S. The van der Waals surface area contributed by atoms with Gasteiger partial charge in [-0.15, -0.1) is 0 Å². The summed E-state index contributed by atoms with van der Waals surface area (Å²) in [6, 6.07) is 0. The highest BCUT2D eigenvalue weighted by Crippen LogP contribution is 2.25. The van der Waals surface area contributed by atoms with Crippen molar-refractivity contribution in [1.82, 2.24) is 4.31 Å².